The molecule has 158 valence electrons. The van der Waals surface area contributed by atoms with Gasteiger partial charge in [0.1, 0.15) is 4.21 Å². The summed E-state index contributed by atoms with van der Waals surface area (Å²) in [6.45, 7) is 5.48. The van der Waals surface area contributed by atoms with Gasteiger partial charge in [0.2, 0.25) is 17.6 Å². The highest BCUT2D eigenvalue weighted by molar-refractivity contribution is 7.91. The van der Waals surface area contributed by atoms with E-state index in [1.807, 2.05) is 11.9 Å². The minimum atomic E-state index is -3.66. The Morgan fingerprint density at radius 1 is 1.24 bits per heavy atom. The molecule has 2 aromatic rings. The molecule has 0 saturated carbocycles. The molecule has 2 aromatic heterocycles. The standard InChI is InChI=1S/C18H25N5O4S2/c1-13-19-17(20-27-13)15-10-16(28-12-15)29(25,26)23-5-3-4-14(11-23)18(24)22-8-6-21(2)7-9-22/h10,12,14H,3-9,11H2,1-2H3. The summed E-state index contributed by atoms with van der Waals surface area (Å²) in [6.07, 6.45) is 1.42. The van der Waals surface area contributed by atoms with Crippen LogP contribution in [0, 0.1) is 12.8 Å². The van der Waals surface area contributed by atoms with Crippen LogP contribution in [0.3, 0.4) is 0 Å². The average Bonchev–Trinajstić information content (AvgIpc) is 3.37. The Morgan fingerprint density at radius 2 is 2.00 bits per heavy atom. The molecule has 4 rings (SSSR count). The van der Waals surface area contributed by atoms with Gasteiger partial charge in [-0.3, -0.25) is 4.79 Å². The van der Waals surface area contributed by atoms with Gasteiger partial charge < -0.3 is 14.3 Å². The molecule has 29 heavy (non-hydrogen) atoms. The van der Waals surface area contributed by atoms with Crippen LogP contribution in [0.2, 0.25) is 0 Å². The minimum Gasteiger partial charge on any atom is -0.340 e. The molecule has 2 aliphatic heterocycles. The summed E-state index contributed by atoms with van der Waals surface area (Å²) in [5.41, 5.74) is 0.618. The van der Waals surface area contributed by atoms with Crippen molar-refractivity contribution in [2.45, 2.75) is 24.0 Å². The number of thiophene rings is 1. The molecular weight excluding hydrogens is 414 g/mol. The Bertz CT molecular complexity index is 978. The molecule has 1 unspecified atom stereocenters. The highest BCUT2D eigenvalue weighted by Gasteiger charge is 2.36. The van der Waals surface area contributed by atoms with Crippen LogP contribution in [0.1, 0.15) is 18.7 Å². The lowest BCUT2D eigenvalue weighted by Gasteiger charge is -2.37. The van der Waals surface area contributed by atoms with E-state index in [2.05, 4.69) is 15.0 Å². The molecule has 0 spiro atoms. The number of hydrogen-bond donors (Lipinski definition) is 0. The van der Waals surface area contributed by atoms with Gasteiger partial charge in [-0.25, -0.2) is 8.42 Å². The number of amides is 1. The van der Waals surface area contributed by atoms with E-state index in [0.717, 1.165) is 30.8 Å². The molecule has 1 amide bonds. The Labute approximate surface area is 174 Å². The van der Waals surface area contributed by atoms with E-state index in [1.165, 1.54) is 4.31 Å². The van der Waals surface area contributed by atoms with Crippen LogP contribution >= 0.6 is 11.3 Å². The summed E-state index contributed by atoms with van der Waals surface area (Å²) in [4.78, 5) is 21.1. The van der Waals surface area contributed by atoms with E-state index in [4.69, 9.17) is 4.52 Å². The fraction of sp³-hybridized carbons (Fsp3) is 0.611. The zero-order chi connectivity index (χ0) is 20.6. The van der Waals surface area contributed by atoms with E-state index < -0.39 is 10.0 Å². The number of carbonyl (C=O) groups is 1. The van der Waals surface area contributed by atoms with Gasteiger partial charge in [-0.1, -0.05) is 5.16 Å². The maximum Gasteiger partial charge on any atom is 0.252 e. The van der Waals surface area contributed by atoms with Crippen LogP contribution in [-0.4, -0.2) is 84.9 Å². The van der Waals surface area contributed by atoms with Gasteiger partial charge in [-0.2, -0.15) is 9.29 Å². The lowest BCUT2D eigenvalue weighted by atomic mass is 9.98. The van der Waals surface area contributed by atoms with Crippen molar-refractivity contribution in [1.82, 2.24) is 24.2 Å². The van der Waals surface area contributed by atoms with Crippen LogP contribution in [-0.2, 0) is 14.8 Å². The number of piperidine rings is 1. The predicted octanol–water partition coefficient (Wildman–Crippen LogP) is 1.28. The predicted molar refractivity (Wildman–Crippen MR) is 108 cm³/mol. The van der Waals surface area contributed by atoms with Crippen molar-refractivity contribution in [3.63, 3.8) is 0 Å². The van der Waals surface area contributed by atoms with Crippen molar-refractivity contribution >= 4 is 27.3 Å². The Kier molecular flexibility index (Phi) is 5.74. The number of aryl methyl sites for hydroxylation is 1. The van der Waals surface area contributed by atoms with Crippen LogP contribution in [0.15, 0.2) is 20.2 Å². The third-order valence-corrected chi connectivity index (χ3v) is 8.78. The number of rotatable bonds is 4. The lowest BCUT2D eigenvalue weighted by molar-refractivity contribution is -0.138. The van der Waals surface area contributed by atoms with Gasteiger partial charge in [0.15, 0.2) is 0 Å². The van der Waals surface area contributed by atoms with E-state index >= 15 is 0 Å². The molecule has 2 fully saturated rings. The van der Waals surface area contributed by atoms with Crippen molar-refractivity contribution in [2.75, 3.05) is 46.3 Å². The zero-order valence-electron chi connectivity index (χ0n) is 16.6. The van der Waals surface area contributed by atoms with E-state index in [9.17, 15) is 13.2 Å². The first kappa shape index (κ1) is 20.5. The topological polar surface area (TPSA) is 99.8 Å². The minimum absolute atomic E-state index is 0.0761. The Hall–Kier alpha value is -1.82. The second-order valence-corrected chi connectivity index (χ2v) is 10.7. The normalized spacial score (nSPS) is 22.1. The lowest BCUT2D eigenvalue weighted by Crippen LogP contribution is -2.52. The molecular formula is C18H25N5O4S2. The summed E-state index contributed by atoms with van der Waals surface area (Å²) in [5.74, 6) is 0.604. The SMILES string of the molecule is Cc1nc(-c2csc(S(=O)(=O)N3CCCC(C(=O)N4CCN(C)CC4)C3)c2)no1. The zero-order valence-corrected chi connectivity index (χ0v) is 18.2. The van der Waals surface area contributed by atoms with Crippen LogP contribution in [0.5, 0.6) is 0 Å². The molecule has 0 bridgehead atoms. The molecule has 0 aliphatic carbocycles. The number of likely N-dealkylation sites (N-methyl/N-ethyl adjacent to an activating group) is 1. The molecule has 0 aromatic carbocycles. The van der Waals surface area contributed by atoms with Crippen molar-refractivity contribution in [1.29, 1.82) is 0 Å². The van der Waals surface area contributed by atoms with Gasteiger partial charge in [-0.15, -0.1) is 11.3 Å². The second-order valence-electron chi connectivity index (χ2n) is 7.62. The van der Waals surface area contributed by atoms with Crippen molar-refractivity contribution in [3.8, 4) is 11.4 Å². The van der Waals surface area contributed by atoms with Crippen LogP contribution in [0.4, 0.5) is 0 Å². The molecule has 0 N–H and O–H groups in total. The quantitative estimate of drug-likeness (QED) is 0.707. The first-order chi connectivity index (χ1) is 13.8. The molecule has 11 heteroatoms. The number of carbonyl (C=O) groups excluding carboxylic acids is 1. The Morgan fingerprint density at radius 3 is 2.69 bits per heavy atom. The molecule has 2 saturated heterocycles. The largest absolute Gasteiger partial charge is 0.340 e. The number of aromatic nitrogens is 2. The molecule has 2 aliphatic rings. The third kappa shape index (κ3) is 4.23. The van der Waals surface area contributed by atoms with Crippen LogP contribution < -0.4 is 0 Å². The fourth-order valence-corrected chi connectivity index (χ4v) is 6.59. The maximum atomic E-state index is 13.2. The monoisotopic (exact) mass is 439 g/mol. The van der Waals surface area contributed by atoms with Crippen LogP contribution in [0.25, 0.3) is 11.4 Å². The summed E-state index contributed by atoms with van der Waals surface area (Å²) < 4.78 is 33.0. The van der Waals surface area contributed by atoms with Gasteiger partial charge in [0, 0.05) is 57.1 Å². The highest BCUT2D eigenvalue weighted by atomic mass is 32.2. The van der Waals surface area contributed by atoms with Crippen molar-refractivity contribution < 1.29 is 17.7 Å². The van der Waals surface area contributed by atoms with Crippen molar-refractivity contribution in [2.24, 2.45) is 5.92 Å². The fourth-order valence-electron chi connectivity index (χ4n) is 3.76. The molecule has 0 radical (unpaired) electrons. The molecule has 4 heterocycles. The molecule has 1 atom stereocenters. The second kappa shape index (κ2) is 8.13. The maximum absolute atomic E-state index is 13.2. The number of nitrogens with zero attached hydrogens (tertiary/aromatic N) is 5. The van der Waals surface area contributed by atoms with Gasteiger partial charge in [-0.05, 0) is 26.0 Å². The highest BCUT2D eigenvalue weighted by Crippen LogP contribution is 2.31. The van der Waals surface area contributed by atoms with Gasteiger partial charge in [0.25, 0.3) is 10.0 Å². The van der Waals surface area contributed by atoms with Gasteiger partial charge in [0.05, 0.1) is 5.92 Å². The number of piperazine rings is 1. The Balaban J connectivity index is 1.47. The summed E-state index contributed by atoms with van der Waals surface area (Å²) in [7, 11) is -1.62. The third-order valence-electron chi connectivity index (χ3n) is 5.50. The van der Waals surface area contributed by atoms with Crippen molar-refractivity contribution in [3.05, 3.63) is 17.3 Å². The summed E-state index contributed by atoms with van der Waals surface area (Å²) in [5, 5.41) is 5.56. The molecule has 9 nitrogen and oxygen atoms in total. The van der Waals surface area contributed by atoms with E-state index in [0.29, 0.717) is 43.3 Å². The first-order valence-electron chi connectivity index (χ1n) is 9.71. The summed E-state index contributed by atoms with van der Waals surface area (Å²) >= 11 is 1.14. The number of sulfonamides is 1. The summed E-state index contributed by atoms with van der Waals surface area (Å²) in [6, 6.07) is 1.58. The van der Waals surface area contributed by atoms with Gasteiger partial charge >= 0.3 is 0 Å². The smallest absolute Gasteiger partial charge is 0.252 e. The van der Waals surface area contributed by atoms with E-state index in [-0.39, 0.29) is 22.6 Å². The number of hydrogen-bond acceptors (Lipinski definition) is 8. The average molecular weight is 440 g/mol. The first-order valence-corrected chi connectivity index (χ1v) is 12.0. The van der Waals surface area contributed by atoms with E-state index in [1.54, 1.807) is 18.4 Å².